The van der Waals surface area contributed by atoms with E-state index in [2.05, 4.69) is 9.72 Å². The van der Waals surface area contributed by atoms with E-state index in [1.165, 1.54) is 17.6 Å². The highest BCUT2D eigenvalue weighted by atomic mass is 35.5. The predicted octanol–water partition coefficient (Wildman–Crippen LogP) is 2.83. The summed E-state index contributed by atoms with van der Waals surface area (Å²) in [5.74, 6) is -0.172. The molecule has 1 aromatic heterocycles. The summed E-state index contributed by atoms with van der Waals surface area (Å²) in [7, 11) is 1.29. The molecule has 0 spiro atoms. The van der Waals surface area contributed by atoms with E-state index in [9.17, 15) is 13.6 Å². The third kappa shape index (κ3) is 5.34. The standard InChI is InChI=1S/C17H19ClN2O4S/c1-24-17(21)14-7-8-15(19-11-14)12-20(25(22)23)16(9-10-18)13-5-3-2-4-6-13/h2-8,11,16H,9-10,12H2,1H3,(H,22,23)/p-1. The molecule has 8 heteroatoms. The Morgan fingerprint density at radius 1 is 1.32 bits per heavy atom. The van der Waals surface area contributed by atoms with Crippen molar-refractivity contribution < 1.29 is 18.3 Å². The van der Waals surface area contributed by atoms with Gasteiger partial charge in [-0.15, -0.1) is 11.6 Å². The first kappa shape index (κ1) is 19.5. The maximum Gasteiger partial charge on any atom is 0.339 e. The molecule has 2 rings (SSSR count). The number of pyridine rings is 1. The van der Waals surface area contributed by atoms with Gasteiger partial charge in [-0.05, 0) is 24.1 Å². The van der Waals surface area contributed by atoms with Crippen LogP contribution in [0.4, 0.5) is 0 Å². The number of esters is 1. The van der Waals surface area contributed by atoms with Crippen LogP contribution in [0.5, 0.6) is 0 Å². The molecule has 25 heavy (non-hydrogen) atoms. The zero-order valence-electron chi connectivity index (χ0n) is 13.6. The number of ether oxygens (including phenoxy) is 1. The summed E-state index contributed by atoms with van der Waals surface area (Å²) < 4.78 is 29.5. The molecule has 1 heterocycles. The van der Waals surface area contributed by atoms with E-state index in [-0.39, 0.29) is 12.6 Å². The maximum absolute atomic E-state index is 11.8. The van der Waals surface area contributed by atoms with E-state index >= 15 is 0 Å². The molecule has 2 atom stereocenters. The Morgan fingerprint density at radius 2 is 2.04 bits per heavy atom. The predicted molar refractivity (Wildman–Crippen MR) is 94.6 cm³/mol. The van der Waals surface area contributed by atoms with Crippen molar-refractivity contribution in [2.75, 3.05) is 13.0 Å². The number of carbonyl (C=O) groups is 1. The van der Waals surface area contributed by atoms with Crippen molar-refractivity contribution in [3.8, 4) is 0 Å². The zero-order chi connectivity index (χ0) is 18.2. The molecule has 0 bridgehead atoms. The Morgan fingerprint density at radius 3 is 2.56 bits per heavy atom. The van der Waals surface area contributed by atoms with Gasteiger partial charge in [0.15, 0.2) is 0 Å². The normalized spacial score (nSPS) is 13.4. The van der Waals surface area contributed by atoms with Gasteiger partial charge in [-0.1, -0.05) is 30.3 Å². The first-order chi connectivity index (χ1) is 12.1. The molecule has 0 fully saturated rings. The number of alkyl halides is 1. The second-order valence-corrected chi connectivity index (χ2v) is 6.51. The van der Waals surface area contributed by atoms with Gasteiger partial charge < -0.3 is 9.29 Å². The second-order valence-electron chi connectivity index (χ2n) is 5.23. The monoisotopic (exact) mass is 381 g/mol. The molecule has 6 nitrogen and oxygen atoms in total. The number of carbonyl (C=O) groups excluding carboxylic acids is 1. The molecule has 1 aromatic carbocycles. The van der Waals surface area contributed by atoms with Crippen LogP contribution < -0.4 is 0 Å². The highest BCUT2D eigenvalue weighted by Crippen LogP contribution is 2.27. The minimum absolute atomic E-state index is 0.0774. The third-order valence-electron chi connectivity index (χ3n) is 3.67. The summed E-state index contributed by atoms with van der Waals surface area (Å²) in [6.07, 6.45) is 1.84. The van der Waals surface area contributed by atoms with Crippen molar-refractivity contribution in [3.05, 3.63) is 65.5 Å². The van der Waals surface area contributed by atoms with E-state index in [1.54, 1.807) is 12.1 Å². The van der Waals surface area contributed by atoms with Crippen molar-refractivity contribution in [1.29, 1.82) is 0 Å². The van der Waals surface area contributed by atoms with Crippen LogP contribution in [0.25, 0.3) is 0 Å². The van der Waals surface area contributed by atoms with Gasteiger partial charge in [0.05, 0.1) is 24.9 Å². The van der Waals surface area contributed by atoms with Crippen molar-refractivity contribution in [1.82, 2.24) is 9.29 Å². The number of nitrogens with zero attached hydrogens (tertiary/aromatic N) is 2. The van der Waals surface area contributed by atoms with Gasteiger partial charge in [-0.25, -0.2) is 9.10 Å². The number of hydrogen-bond donors (Lipinski definition) is 0. The fourth-order valence-corrected chi connectivity index (χ4v) is 3.32. The lowest BCUT2D eigenvalue weighted by molar-refractivity contribution is 0.0600. The van der Waals surface area contributed by atoms with Crippen LogP contribution in [0.15, 0.2) is 48.7 Å². The van der Waals surface area contributed by atoms with Crippen LogP contribution in [0.1, 0.15) is 34.1 Å². The van der Waals surface area contributed by atoms with Crippen LogP contribution >= 0.6 is 11.6 Å². The largest absolute Gasteiger partial charge is 0.760 e. The van der Waals surface area contributed by atoms with Crippen molar-refractivity contribution in [2.45, 2.75) is 19.0 Å². The summed E-state index contributed by atoms with van der Waals surface area (Å²) in [6, 6.07) is 12.1. The van der Waals surface area contributed by atoms with Crippen LogP contribution in [0.3, 0.4) is 0 Å². The fraction of sp³-hybridized carbons (Fsp3) is 0.294. The second kappa shape index (κ2) is 9.62. The van der Waals surface area contributed by atoms with Crippen LogP contribution in [-0.4, -0.2) is 37.0 Å². The van der Waals surface area contributed by atoms with Crippen LogP contribution in [-0.2, 0) is 22.5 Å². The van der Waals surface area contributed by atoms with Crippen molar-refractivity contribution >= 4 is 28.8 Å². The molecular formula is C17H18ClN2O4S-. The zero-order valence-corrected chi connectivity index (χ0v) is 15.2. The van der Waals surface area contributed by atoms with Crippen LogP contribution in [0.2, 0.25) is 0 Å². The number of hydrogen-bond acceptors (Lipinski definition) is 5. The van der Waals surface area contributed by atoms with Gasteiger partial charge >= 0.3 is 5.97 Å². The summed E-state index contributed by atoms with van der Waals surface area (Å²) >= 11 is 3.42. The van der Waals surface area contributed by atoms with Gasteiger partial charge in [0.25, 0.3) is 0 Å². The number of methoxy groups -OCH3 is 1. The average molecular weight is 382 g/mol. The Balaban J connectivity index is 2.24. The van der Waals surface area contributed by atoms with E-state index < -0.39 is 17.2 Å². The Bertz CT molecular complexity index is 712. The first-order valence-electron chi connectivity index (χ1n) is 7.57. The van der Waals surface area contributed by atoms with E-state index in [0.717, 1.165) is 5.56 Å². The van der Waals surface area contributed by atoms with Crippen LogP contribution in [0, 0.1) is 0 Å². The van der Waals surface area contributed by atoms with Gasteiger partial charge in [0.1, 0.15) is 0 Å². The highest BCUT2D eigenvalue weighted by molar-refractivity contribution is 7.76. The number of aromatic nitrogens is 1. The molecule has 0 saturated carbocycles. The molecular weight excluding hydrogens is 364 g/mol. The Labute approximate surface area is 154 Å². The SMILES string of the molecule is COC(=O)c1ccc(CN(C(CCCl)c2ccccc2)S(=O)[O-])nc1. The maximum atomic E-state index is 11.8. The minimum atomic E-state index is -2.46. The summed E-state index contributed by atoms with van der Waals surface area (Å²) in [4.78, 5) is 15.6. The molecule has 0 aliphatic heterocycles. The van der Waals surface area contributed by atoms with E-state index in [1.807, 2.05) is 30.3 Å². The smallest absolute Gasteiger partial charge is 0.339 e. The number of benzene rings is 1. The third-order valence-corrected chi connectivity index (χ3v) is 4.65. The molecule has 2 unspecified atom stereocenters. The number of halogens is 1. The summed E-state index contributed by atoms with van der Waals surface area (Å²) in [6.45, 7) is 0.0774. The first-order valence-corrected chi connectivity index (χ1v) is 9.13. The minimum Gasteiger partial charge on any atom is -0.760 e. The molecule has 0 aliphatic carbocycles. The van der Waals surface area contributed by atoms with Gasteiger partial charge in [0, 0.05) is 29.4 Å². The lowest BCUT2D eigenvalue weighted by Crippen LogP contribution is -2.31. The fourth-order valence-electron chi connectivity index (χ4n) is 2.44. The van der Waals surface area contributed by atoms with Crippen molar-refractivity contribution in [2.24, 2.45) is 0 Å². The number of rotatable bonds is 8. The van der Waals surface area contributed by atoms with Gasteiger partial charge in [-0.3, -0.25) is 9.19 Å². The Kier molecular flexibility index (Phi) is 7.52. The van der Waals surface area contributed by atoms with Gasteiger partial charge in [-0.2, -0.15) is 0 Å². The highest BCUT2D eigenvalue weighted by Gasteiger charge is 2.22. The lowest BCUT2D eigenvalue weighted by Gasteiger charge is -2.32. The molecule has 0 aliphatic rings. The topological polar surface area (TPSA) is 82.6 Å². The van der Waals surface area contributed by atoms with E-state index in [0.29, 0.717) is 23.6 Å². The van der Waals surface area contributed by atoms with E-state index in [4.69, 9.17) is 11.6 Å². The Hall–Kier alpha value is -1.80. The molecule has 0 amide bonds. The average Bonchev–Trinajstić information content (AvgIpc) is 2.65. The molecule has 0 radical (unpaired) electrons. The molecule has 0 N–H and O–H groups in total. The van der Waals surface area contributed by atoms with Gasteiger partial charge in [0.2, 0.25) is 0 Å². The molecule has 134 valence electrons. The lowest BCUT2D eigenvalue weighted by atomic mass is 10.0. The summed E-state index contributed by atoms with van der Waals surface area (Å²) in [5.41, 5.74) is 1.69. The summed E-state index contributed by atoms with van der Waals surface area (Å²) in [5, 5.41) is 0. The quantitative estimate of drug-likeness (QED) is 0.399. The molecule has 2 aromatic rings. The van der Waals surface area contributed by atoms with Crippen molar-refractivity contribution in [3.63, 3.8) is 0 Å². The molecule has 0 saturated heterocycles.